The molecule has 162 valence electrons. The van der Waals surface area contributed by atoms with Gasteiger partial charge in [-0.2, -0.15) is 0 Å². The Morgan fingerprint density at radius 3 is 2.58 bits per heavy atom. The van der Waals surface area contributed by atoms with Crippen molar-refractivity contribution in [1.82, 2.24) is 20.2 Å². The zero-order valence-corrected chi connectivity index (χ0v) is 18.4. The number of hydrogen-bond acceptors (Lipinski definition) is 4. The Morgan fingerprint density at radius 2 is 1.94 bits per heavy atom. The number of benzene rings is 2. The maximum Gasteiger partial charge on any atom is 0.269 e. The highest BCUT2D eigenvalue weighted by Gasteiger charge is 2.26. The highest BCUT2D eigenvalue weighted by molar-refractivity contribution is 5.98. The van der Waals surface area contributed by atoms with Crippen molar-refractivity contribution < 1.29 is 9.53 Å². The maximum atomic E-state index is 12.5. The first-order chi connectivity index (χ1) is 15.1. The van der Waals surface area contributed by atoms with Gasteiger partial charge in [-0.3, -0.25) is 9.69 Å². The normalized spacial score (nSPS) is 15.1. The number of likely N-dealkylation sites (tertiary alicyclic amines) is 1. The average Bonchev–Trinajstić information content (AvgIpc) is 3.24. The van der Waals surface area contributed by atoms with Crippen LogP contribution in [0.3, 0.4) is 0 Å². The summed E-state index contributed by atoms with van der Waals surface area (Å²) < 4.78 is 5.25. The fraction of sp³-hybridized carbons (Fsp3) is 0.360. The van der Waals surface area contributed by atoms with Gasteiger partial charge in [0.2, 0.25) is 0 Å². The third-order valence-electron chi connectivity index (χ3n) is 6.00. The zero-order chi connectivity index (χ0) is 21.8. The van der Waals surface area contributed by atoms with Crippen molar-refractivity contribution >= 4 is 5.91 Å². The Hall–Kier alpha value is -3.12. The van der Waals surface area contributed by atoms with Gasteiger partial charge in [-0.1, -0.05) is 29.8 Å². The number of ether oxygens (including phenoxy) is 1. The molecule has 0 unspecified atom stereocenters. The zero-order valence-electron chi connectivity index (χ0n) is 18.4. The number of methoxy groups -OCH3 is 1. The number of carbonyl (C=O) groups is 1. The molecule has 2 heterocycles. The van der Waals surface area contributed by atoms with E-state index in [4.69, 9.17) is 9.72 Å². The number of aromatic nitrogens is 2. The molecule has 0 bridgehead atoms. The van der Waals surface area contributed by atoms with Crippen LogP contribution in [0.5, 0.6) is 5.75 Å². The number of aromatic amines is 1. The van der Waals surface area contributed by atoms with E-state index in [1.54, 1.807) is 14.2 Å². The lowest BCUT2D eigenvalue weighted by Crippen LogP contribution is -2.32. The molecule has 0 radical (unpaired) electrons. The fourth-order valence-electron chi connectivity index (χ4n) is 4.27. The lowest BCUT2D eigenvalue weighted by Gasteiger charge is -2.31. The summed E-state index contributed by atoms with van der Waals surface area (Å²) in [6, 6.07) is 16.4. The van der Waals surface area contributed by atoms with Crippen LogP contribution in [0.2, 0.25) is 0 Å². The van der Waals surface area contributed by atoms with Crippen molar-refractivity contribution in [2.45, 2.75) is 32.2 Å². The van der Waals surface area contributed by atoms with E-state index in [9.17, 15) is 4.79 Å². The smallest absolute Gasteiger partial charge is 0.269 e. The van der Waals surface area contributed by atoms with Gasteiger partial charge in [0.1, 0.15) is 23.0 Å². The van der Waals surface area contributed by atoms with E-state index in [2.05, 4.69) is 46.4 Å². The molecule has 1 amide bonds. The van der Waals surface area contributed by atoms with Crippen molar-refractivity contribution in [3.8, 4) is 17.0 Å². The van der Waals surface area contributed by atoms with Crippen LogP contribution in [-0.4, -0.2) is 48.0 Å². The summed E-state index contributed by atoms with van der Waals surface area (Å²) in [5.41, 5.74) is 4.78. The van der Waals surface area contributed by atoms with Crippen LogP contribution in [0.25, 0.3) is 11.3 Å². The van der Waals surface area contributed by atoms with Gasteiger partial charge in [0, 0.05) is 25.1 Å². The monoisotopic (exact) mass is 418 g/mol. The first-order valence-electron chi connectivity index (χ1n) is 10.8. The minimum atomic E-state index is -0.151. The Kier molecular flexibility index (Phi) is 6.37. The molecule has 31 heavy (non-hydrogen) atoms. The minimum Gasteiger partial charge on any atom is -0.497 e. The molecule has 6 heteroatoms. The highest BCUT2D eigenvalue weighted by Crippen LogP contribution is 2.31. The Balaban J connectivity index is 1.49. The molecule has 2 N–H and O–H groups in total. The summed E-state index contributed by atoms with van der Waals surface area (Å²) in [5, 5.41) is 2.73. The fourth-order valence-corrected chi connectivity index (χ4v) is 4.27. The van der Waals surface area contributed by atoms with E-state index >= 15 is 0 Å². The number of piperidine rings is 1. The van der Waals surface area contributed by atoms with Gasteiger partial charge in [-0.15, -0.1) is 0 Å². The van der Waals surface area contributed by atoms with Crippen molar-refractivity contribution in [2.24, 2.45) is 0 Å². The molecule has 1 fully saturated rings. The summed E-state index contributed by atoms with van der Waals surface area (Å²) in [7, 11) is 3.29. The molecular weight excluding hydrogens is 388 g/mol. The van der Waals surface area contributed by atoms with E-state index in [1.165, 1.54) is 11.1 Å². The van der Waals surface area contributed by atoms with Crippen LogP contribution >= 0.6 is 0 Å². The van der Waals surface area contributed by atoms with Crippen LogP contribution in [0.4, 0.5) is 0 Å². The highest BCUT2D eigenvalue weighted by atomic mass is 16.5. The number of nitrogens with zero attached hydrogens (tertiary/aromatic N) is 2. The van der Waals surface area contributed by atoms with E-state index in [0.29, 0.717) is 17.3 Å². The predicted octanol–water partition coefficient (Wildman–Crippen LogP) is 4.13. The molecule has 3 aromatic rings. The molecule has 4 rings (SSSR count). The summed E-state index contributed by atoms with van der Waals surface area (Å²) in [5.74, 6) is 1.85. The molecule has 0 aliphatic carbocycles. The summed E-state index contributed by atoms with van der Waals surface area (Å²) in [6.45, 7) is 5.16. The average molecular weight is 419 g/mol. The van der Waals surface area contributed by atoms with Gasteiger partial charge in [0.05, 0.1) is 7.11 Å². The van der Waals surface area contributed by atoms with Gasteiger partial charge < -0.3 is 15.0 Å². The number of hydrogen-bond donors (Lipinski definition) is 2. The van der Waals surface area contributed by atoms with E-state index in [1.807, 2.05) is 24.3 Å². The van der Waals surface area contributed by atoms with Gasteiger partial charge >= 0.3 is 0 Å². The van der Waals surface area contributed by atoms with Crippen LogP contribution < -0.4 is 10.1 Å². The number of nitrogens with one attached hydrogen (secondary N) is 2. The second-order valence-corrected chi connectivity index (χ2v) is 8.19. The van der Waals surface area contributed by atoms with Crippen LogP contribution in [0.1, 0.15) is 46.2 Å². The van der Waals surface area contributed by atoms with E-state index in [-0.39, 0.29) is 5.91 Å². The third-order valence-corrected chi connectivity index (χ3v) is 6.00. The summed E-state index contributed by atoms with van der Waals surface area (Å²) in [4.78, 5) is 23.2. The number of carbonyl (C=O) groups excluding carboxylic acids is 1. The second-order valence-electron chi connectivity index (χ2n) is 8.19. The van der Waals surface area contributed by atoms with Gasteiger partial charge in [-0.05, 0) is 62.7 Å². The Morgan fingerprint density at radius 1 is 1.19 bits per heavy atom. The summed E-state index contributed by atoms with van der Waals surface area (Å²) in [6.07, 6.45) is 2.04. The largest absolute Gasteiger partial charge is 0.497 e. The lowest BCUT2D eigenvalue weighted by molar-refractivity contribution is 0.0959. The Bertz CT molecular complexity index is 1030. The van der Waals surface area contributed by atoms with Gasteiger partial charge in [0.15, 0.2) is 0 Å². The van der Waals surface area contributed by atoms with Crippen LogP contribution in [0, 0.1) is 6.92 Å². The van der Waals surface area contributed by atoms with Gasteiger partial charge in [-0.25, -0.2) is 4.98 Å². The van der Waals surface area contributed by atoms with Crippen molar-refractivity contribution in [3.63, 3.8) is 0 Å². The van der Waals surface area contributed by atoms with Crippen LogP contribution in [0.15, 0.2) is 48.5 Å². The van der Waals surface area contributed by atoms with Crippen molar-refractivity contribution in [1.29, 1.82) is 0 Å². The molecule has 1 aliphatic rings. The van der Waals surface area contributed by atoms with Crippen LogP contribution in [-0.2, 0) is 6.54 Å². The molecule has 6 nitrogen and oxygen atoms in total. The maximum absolute atomic E-state index is 12.5. The number of aryl methyl sites for hydroxylation is 1. The molecule has 1 aliphatic heterocycles. The summed E-state index contributed by atoms with van der Waals surface area (Å²) >= 11 is 0. The molecule has 0 atom stereocenters. The molecule has 1 saturated heterocycles. The number of rotatable bonds is 6. The standard InChI is InChI=1S/C25H30N4O2/c1-17-5-4-6-18(15-17)16-29-13-11-20(12-14-29)24-27-22(23(28-24)25(30)26-2)19-7-9-21(31-3)10-8-19/h4-10,15,20H,11-14,16H2,1-3H3,(H,26,30)(H,27,28). The lowest BCUT2D eigenvalue weighted by atomic mass is 9.95. The van der Waals surface area contributed by atoms with Gasteiger partial charge in [0.25, 0.3) is 5.91 Å². The SMILES string of the molecule is CNC(=O)c1[nH]c(C2CCN(Cc3cccc(C)c3)CC2)nc1-c1ccc(OC)cc1. The predicted molar refractivity (Wildman–Crippen MR) is 122 cm³/mol. The molecule has 1 aromatic heterocycles. The quantitative estimate of drug-likeness (QED) is 0.631. The topological polar surface area (TPSA) is 70.2 Å². The number of H-pyrrole nitrogens is 1. The second kappa shape index (κ2) is 9.35. The third kappa shape index (κ3) is 4.80. The molecule has 0 spiro atoms. The van der Waals surface area contributed by atoms with E-state index in [0.717, 1.165) is 49.6 Å². The van der Waals surface area contributed by atoms with Crippen molar-refractivity contribution in [3.05, 3.63) is 71.2 Å². The van der Waals surface area contributed by atoms with Crippen molar-refractivity contribution in [2.75, 3.05) is 27.2 Å². The number of imidazole rings is 1. The number of amides is 1. The molecular formula is C25H30N4O2. The first kappa shape index (κ1) is 21.1. The Labute approximate surface area is 183 Å². The molecule has 2 aromatic carbocycles. The first-order valence-corrected chi connectivity index (χ1v) is 10.8. The minimum absolute atomic E-state index is 0.151. The molecule has 0 saturated carbocycles. The van der Waals surface area contributed by atoms with E-state index < -0.39 is 0 Å².